The molecule has 2 N–H and O–H groups in total. The van der Waals surface area contributed by atoms with E-state index in [2.05, 4.69) is 5.32 Å². The molecule has 0 aliphatic rings. The van der Waals surface area contributed by atoms with Gasteiger partial charge in [0, 0.05) is 6.04 Å². The van der Waals surface area contributed by atoms with Crippen molar-refractivity contribution in [3.8, 4) is 11.5 Å². The lowest BCUT2D eigenvalue weighted by Gasteiger charge is -2.15. The van der Waals surface area contributed by atoms with E-state index < -0.39 is 17.9 Å². The minimum absolute atomic E-state index is 0.141. The average Bonchev–Trinajstić information content (AvgIpc) is 2.36. The summed E-state index contributed by atoms with van der Waals surface area (Å²) in [5.74, 6) is -0.596. The summed E-state index contributed by atoms with van der Waals surface area (Å²) >= 11 is 0. The van der Waals surface area contributed by atoms with Crippen molar-refractivity contribution in [1.29, 1.82) is 0 Å². The Hall–Kier alpha value is -2.24. The molecule has 0 bridgehead atoms. The van der Waals surface area contributed by atoms with Crippen LogP contribution in [0.5, 0.6) is 11.5 Å². The Morgan fingerprint density at radius 3 is 2.53 bits per heavy atom. The molecule has 104 valence electrons. The molecule has 0 saturated heterocycles. The molecule has 0 spiro atoms. The molecule has 1 aromatic rings. The Labute approximate surface area is 111 Å². The third-order valence-electron chi connectivity index (χ3n) is 2.51. The maximum absolute atomic E-state index is 12.0. The van der Waals surface area contributed by atoms with Crippen LogP contribution in [-0.2, 0) is 4.79 Å². The number of hydrogen-bond donors (Lipinski definition) is 2. The van der Waals surface area contributed by atoms with Crippen LogP contribution in [0.3, 0.4) is 0 Å². The van der Waals surface area contributed by atoms with E-state index in [1.165, 1.54) is 14.2 Å². The monoisotopic (exact) mass is 267 g/mol. The zero-order valence-corrected chi connectivity index (χ0v) is 11.1. The van der Waals surface area contributed by atoms with Gasteiger partial charge in [0.2, 0.25) is 0 Å². The number of carboxylic acids is 1. The lowest BCUT2D eigenvalue weighted by molar-refractivity contribution is -0.137. The predicted octanol–water partition coefficient (Wildman–Crippen LogP) is 1.30. The van der Waals surface area contributed by atoms with Crippen molar-refractivity contribution in [2.24, 2.45) is 0 Å². The van der Waals surface area contributed by atoms with Crippen molar-refractivity contribution in [1.82, 2.24) is 5.32 Å². The molecule has 0 heterocycles. The van der Waals surface area contributed by atoms with Gasteiger partial charge in [0.15, 0.2) is 11.5 Å². The highest BCUT2D eigenvalue weighted by Gasteiger charge is 2.18. The number of benzene rings is 1. The summed E-state index contributed by atoms with van der Waals surface area (Å²) in [6.07, 6.45) is -0.141. The van der Waals surface area contributed by atoms with Crippen molar-refractivity contribution in [2.75, 3.05) is 14.2 Å². The first-order valence-corrected chi connectivity index (χ1v) is 5.73. The Morgan fingerprint density at radius 1 is 1.32 bits per heavy atom. The van der Waals surface area contributed by atoms with Crippen LogP contribution in [0.25, 0.3) is 0 Å². The molecule has 1 unspecified atom stereocenters. The predicted molar refractivity (Wildman–Crippen MR) is 68.7 cm³/mol. The van der Waals surface area contributed by atoms with E-state index in [-0.39, 0.29) is 6.42 Å². The van der Waals surface area contributed by atoms with E-state index in [0.717, 1.165) is 0 Å². The third kappa shape index (κ3) is 3.87. The second-order valence-corrected chi connectivity index (χ2v) is 4.01. The third-order valence-corrected chi connectivity index (χ3v) is 2.51. The number of amides is 1. The molecule has 1 amide bonds. The molecule has 0 saturated carbocycles. The van der Waals surface area contributed by atoms with Gasteiger partial charge in [-0.1, -0.05) is 6.07 Å². The van der Waals surface area contributed by atoms with Gasteiger partial charge in [-0.05, 0) is 19.1 Å². The normalized spacial score (nSPS) is 11.5. The van der Waals surface area contributed by atoms with E-state index >= 15 is 0 Å². The molecule has 19 heavy (non-hydrogen) atoms. The number of ether oxygens (including phenoxy) is 2. The summed E-state index contributed by atoms with van der Waals surface area (Å²) in [5, 5.41) is 11.3. The summed E-state index contributed by atoms with van der Waals surface area (Å²) in [7, 11) is 2.92. The first kappa shape index (κ1) is 14.8. The Bertz CT molecular complexity index is 472. The summed E-state index contributed by atoms with van der Waals surface area (Å²) < 4.78 is 10.2. The Balaban J connectivity index is 2.90. The SMILES string of the molecule is COc1cccc(C(=O)NC(C)CC(=O)O)c1OC. The van der Waals surface area contributed by atoms with Gasteiger partial charge in [0.1, 0.15) is 0 Å². The van der Waals surface area contributed by atoms with Gasteiger partial charge < -0.3 is 19.9 Å². The van der Waals surface area contributed by atoms with Gasteiger partial charge in [-0.15, -0.1) is 0 Å². The van der Waals surface area contributed by atoms with Crippen molar-refractivity contribution in [3.63, 3.8) is 0 Å². The summed E-state index contributed by atoms with van der Waals surface area (Å²) in [6.45, 7) is 1.62. The number of para-hydroxylation sites is 1. The van der Waals surface area contributed by atoms with Gasteiger partial charge in [0.25, 0.3) is 5.91 Å². The minimum atomic E-state index is -0.967. The van der Waals surface area contributed by atoms with Gasteiger partial charge in [0.05, 0.1) is 26.2 Å². The first-order valence-electron chi connectivity index (χ1n) is 5.73. The van der Waals surface area contributed by atoms with Crippen LogP contribution < -0.4 is 14.8 Å². The van der Waals surface area contributed by atoms with Crippen LogP contribution in [0, 0.1) is 0 Å². The highest BCUT2D eigenvalue weighted by Crippen LogP contribution is 2.30. The van der Waals surface area contributed by atoms with Crippen molar-refractivity contribution in [2.45, 2.75) is 19.4 Å². The number of nitrogens with one attached hydrogen (secondary N) is 1. The molecular weight excluding hydrogens is 250 g/mol. The molecule has 0 fully saturated rings. The zero-order chi connectivity index (χ0) is 14.4. The number of carbonyl (C=O) groups is 2. The number of methoxy groups -OCH3 is 2. The summed E-state index contributed by atoms with van der Waals surface area (Å²) in [5.41, 5.74) is 0.305. The van der Waals surface area contributed by atoms with Gasteiger partial charge in [-0.25, -0.2) is 0 Å². The first-order chi connectivity index (χ1) is 8.99. The van der Waals surface area contributed by atoms with Crippen molar-refractivity contribution < 1.29 is 24.2 Å². The van der Waals surface area contributed by atoms with Gasteiger partial charge in [-0.2, -0.15) is 0 Å². The minimum Gasteiger partial charge on any atom is -0.493 e. The van der Waals surface area contributed by atoms with Crippen LogP contribution in [-0.4, -0.2) is 37.2 Å². The Morgan fingerprint density at radius 2 is 2.00 bits per heavy atom. The van der Waals surface area contributed by atoms with Crippen LogP contribution in [0.2, 0.25) is 0 Å². The maximum atomic E-state index is 12.0. The second-order valence-electron chi connectivity index (χ2n) is 4.01. The largest absolute Gasteiger partial charge is 0.493 e. The van der Waals surface area contributed by atoms with Crippen LogP contribution in [0.1, 0.15) is 23.7 Å². The molecular formula is C13H17NO5. The number of hydrogen-bond acceptors (Lipinski definition) is 4. The molecule has 1 atom stereocenters. The highest BCUT2D eigenvalue weighted by molar-refractivity contribution is 5.98. The lowest BCUT2D eigenvalue weighted by Crippen LogP contribution is -2.34. The Kier molecular flexibility index (Phi) is 5.17. The second kappa shape index (κ2) is 6.63. The number of carbonyl (C=O) groups excluding carboxylic acids is 1. The maximum Gasteiger partial charge on any atom is 0.305 e. The molecule has 0 aliphatic carbocycles. The molecule has 1 aromatic carbocycles. The fraction of sp³-hybridized carbons (Fsp3) is 0.385. The highest BCUT2D eigenvalue weighted by atomic mass is 16.5. The molecule has 0 aromatic heterocycles. The molecule has 0 aliphatic heterocycles. The molecule has 0 radical (unpaired) electrons. The van der Waals surface area contributed by atoms with Gasteiger partial charge >= 0.3 is 5.97 Å². The standard InChI is InChI=1S/C13H17NO5/c1-8(7-11(15)16)14-13(17)9-5-4-6-10(18-2)12(9)19-3/h4-6,8H,7H2,1-3H3,(H,14,17)(H,15,16). The van der Waals surface area contributed by atoms with Crippen LogP contribution >= 0.6 is 0 Å². The average molecular weight is 267 g/mol. The summed E-state index contributed by atoms with van der Waals surface area (Å²) in [4.78, 5) is 22.6. The number of aliphatic carboxylic acids is 1. The van der Waals surface area contributed by atoms with E-state index in [1.807, 2.05) is 0 Å². The van der Waals surface area contributed by atoms with E-state index in [0.29, 0.717) is 17.1 Å². The van der Waals surface area contributed by atoms with E-state index in [1.54, 1.807) is 25.1 Å². The fourth-order valence-electron chi connectivity index (χ4n) is 1.68. The fourth-order valence-corrected chi connectivity index (χ4v) is 1.68. The van der Waals surface area contributed by atoms with Crippen molar-refractivity contribution >= 4 is 11.9 Å². The van der Waals surface area contributed by atoms with E-state index in [9.17, 15) is 9.59 Å². The smallest absolute Gasteiger partial charge is 0.305 e. The zero-order valence-electron chi connectivity index (χ0n) is 11.1. The quantitative estimate of drug-likeness (QED) is 0.811. The van der Waals surface area contributed by atoms with Crippen LogP contribution in [0.15, 0.2) is 18.2 Å². The van der Waals surface area contributed by atoms with Crippen molar-refractivity contribution in [3.05, 3.63) is 23.8 Å². The van der Waals surface area contributed by atoms with Gasteiger partial charge in [-0.3, -0.25) is 9.59 Å². The topological polar surface area (TPSA) is 84.9 Å². The molecule has 6 heteroatoms. The summed E-state index contributed by atoms with van der Waals surface area (Å²) in [6, 6.07) is 4.46. The van der Waals surface area contributed by atoms with E-state index in [4.69, 9.17) is 14.6 Å². The number of rotatable bonds is 6. The lowest BCUT2D eigenvalue weighted by atomic mass is 10.1. The molecule has 1 rings (SSSR count). The molecule has 6 nitrogen and oxygen atoms in total. The van der Waals surface area contributed by atoms with Crippen LogP contribution in [0.4, 0.5) is 0 Å². The number of carboxylic acid groups (broad SMARTS) is 1.